The maximum atomic E-state index is 12.5. The topological polar surface area (TPSA) is 118 Å². The van der Waals surface area contributed by atoms with E-state index in [1.165, 1.54) is 102 Å². The summed E-state index contributed by atoms with van der Waals surface area (Å²) in [7, 11) is -4.36. The normalized spacial score (nSPS) is 11.6. The Hall–Kier alpha value is -3.82. The first kappa shape index (κ1) is 38.0. The van der Waals surface area contributed by atoms with Crippen molar-refractivity contribution in [3.63, 3.8) is 0 Å². The van der Waals surface area contributed by atoms with Crippen molar-refractivity contribution < 1.29 is 22.6 Å². The minimum atomic E-state index is -4.36. The van der Waals surface area contributed by atoms with Gasteiger partial charge < -0.3 is 9.88 Å². The Morgan fingerprint density at radius 3 is 1.82 bits per heavy atom. The molecule has 4 aromatic rings. The van der Waals surface area contributed by atoms with Crippen molar-refractivity contribution in [2.45, 2.75) is 128 Å². The molecule has 49 heavy (non-hydrogen) atoms. The molecule has 1 heterocycles. The maximum Gasteiger partial charge on any atom is 0.294 e. The average Bonchev–Trinajstić information content (AvgIpc) is 3.46. The zero-order valence-electron chi connectivity index (χ0n) is 29.0. The molecule has 0 aliphatic heterocycles. The summed E-state index contributed by atoms with van der Waals surface area (Å²) in [6, 6.07) is 20.5. The van der Waals surface area contributed by atoms with Gasteiger partial charge in [0.2, 0.25) is 5.91 Å². The molecule has 9 heteroatoms. The summed E-state index contributed by atoms with van der Waals surface area (Å²) in [5.41, 5.74) is 3.13. The number of nitrogens with one attached hydrogen (secondary N) is 1. The Labute approximate surface area is 292 Å². The molecule has 0 saturated heterocycles. The maximum absolute atomic E-state index is 12.5. The molecular formula is C40H53N3O5S. The minimum Gasteiger partial charge on any atom is -0.326 e. The number of aromatic nitrogens is 2. The van der Waals surface area contributed by atoms with Gasteiger partial charge >= 0.3 is 0 Å². The van der Waals surface area contributed by atoms with E-state index in [1.807, 2.05) is 18.2 Å². The van der Waals surface area contributed by atoms with Gasteiger partial charge in [0.05, 0.1) is 22.3 Å². The molecule has 0 unspecified atom stereocenters. The van der Waals surface area contributed by atoms with Crippen LogP contribution in [0.1, 0.15) is 126 Å². The van der Waals surface area contributed by atoms with E-state index in [4.69, 9.17) is 4.98 Å². The molecule has 2 N–H and O–H groups in total. The first-order valence-corrected chi connectivity index (χ1v) is 19.7. The summed E-state index contributed by atoms with van der Waals surface area (Å²) in [6.45, 7) is 2.98. The van der Waals surface area contributed by atoms with Crippen LogP contribution < -0.4 is 5.32 Å². The fourth-order valence-corrected chi connectivity index (χ4v) is 6.82. The highest BCUT2D eigenvalue weighted by atomic mass is 32.2. The second-order valence-electron chi connectivity index (χ2n) is 13.1. The van der Waals surface area contributed by atoms with Crippen molar-refractivity contribution >= 4 is 38.5 Å². The number of fused-ring (bicyclic) bond motifs is 1. The lowest BCUT2D eigenvalue weighted by molar-refractivity contribution is -0.115. The van der Waals surface area contributed by atoms with Gasteiger partial charge in [0.25, 0.3) is 10.1 Å². The van der Waals surface area contributed by atoms with Crippen molar-refractivity contribution in [3.8, 4) is 11.4 Å². The molecule has 0 radical (unpaired) electrons. The van der Waals surface area contributed by atoms with Crippen LogP contribution >= 0.6 is 0 Å². The number of benzene rings is 3. The molecule has 1 amide bonds. The van der Waals surface area contributed by atoms with Crippen LogP contribution in [0.3, 0.4) is 0 Å². The minimum absolute atomic E-state index is 0.193. The highest BCUT2D eigenvalue weighted by Gasteiger charge is 2.17. The van der Waals surface area contributed by atoms with Gasteiger partial charge in [-0.1, -0.05) is 134 Å². The van der Waals surface area contributed by atoms with E-state index >= 15 is 0 Å². The predicted octanol–water partition coefficient (Wildman–Crippen LogP) is 10.4. The molecule has 0 fully saturated rings. The van der Waals surface area contributed by atoms with Crippen LogP contribution in [-0.4, -0.2) is 34.2 Å². The summed E-state index contributed by atoms with van der Waals surface area (Å²) in [6.07, 6.45) is 20.5. The molecule has 1 aromatic heterocycles. The number of ketones is 1. The third-order valence-electron chi connectivity index (χ3n) is 9.10. The van der Waals surface area contributed by atoms with Crippen molar-refractivity contribution in [2.24, 2.45) is 0 Å². The van der Waals surface area contributed by atoms with E-state index in [2.05, 4.69) is 16.8 Å². The summed E-state index contributed by atoms with van der Waals surface area (Å²) in [4.78, 5) is 29.5. The first-order valence-electron chi connectivity index (χ1n) is 18.2. The van der Waals surface area contributed by atoms with E-state index in [0.717, 1.165) is 30.5 Å². The second-order valence-corrected chi connectivity index (χ2v) is 14.5. The Bertz CT molecular complexity index is 1720. The lowest BCUT2D eigenvalue weighted by Gasteiger charge is -2.11. The Morgan fingerprint density at radius 1 is 0.714 bits per heavy atom. The van der Waals surface area contributed by atoms with Crippen molar-refractivity contribution in [1.29, 1.82) is 0 Å². The molecule has 4 rings (SSSR count). The summed E-state index contributed by atoms with van der Waals surface area (Å²) in [5.74, 6) is 0.0393. The van der Waals surface area contributed by atoms with E-state index in [1.54, 1.807) is 42.5 Å². The Morgan fingerprint density at radius 2 is 1.27 bits per heavy atom. The van der Waals surface area contributed by atoms with Gasteiger partial charge in [-0.25, -0.2) is 4.98 Å². The van der Waals surface area contributed by atoms with Crippen molar-refractivity contribution in [1.82, 2.24) is 9.55 Å². The number of hydrogen-bond acceptors (Lipinski definition) is 5. The number of carbonyl (C=O) groups excluding carboxylic acids is 2. The largest absolute Gasteiger partial charge is 0.326 e. The third kappa shape index (κ3) is 12.5. The molecule has 8 nitrogen and oxygen atoms in total. The quantitative estimate of drug-likeness (QED) is 0.0347. The van der Waals surface area contributed by atoms with Gasteiger partial charge in [0.1, 0.15) is 5.82 Å². The highest BCUT2D eigenvalue weighted by Crippen LogP contribution is 2.28. The molecule has 0 aliphatic carbocycles. The van der Waals surface area contributed by atoms with Crippen LogP contribution in [0.15, 0.2) is 77.7 Å². The lowest BCUT2D eigenvalue weighted by Crippen LogP contribution is -2.16. The fourth-order valence-electron chi connectivity index (χ4n) is 6.31. The number of amides is 1. The van der Waals surface area contributed by atoms with E-state index in [9.17, 15) is 22.6 Å². The number of hydrogen-bond donors (Lipinski definition) is 2. The van der Waals surface area contributed by atoms with Crippen LogP contribution in [0.4, 0.5) is 5.69 Å². The highest BCUT2D eigenvalue weighted by molar-refractivity contribution is 7.85. The van der Waals surface area contributed by atoms with Crippen LogP contribution in [0.2, 0.25) is 0 Å². The zero-order valence-corrected chi connectivity index (χ0v) is 29.9. The number of unbranched alkanes of at least 4 members (excludes halogenated alkanes) is 15. The summed E-state index contributed by atoms with van der Waals surface area (Å²) >= 11 is 0. The van der Waals surface area contributed by atoms with Gasteiger partial charge in [-0.2, -0.15) is 8.42 Å². The second kappa shape index (κ2) is 20.0. The number of rotatable bonds is 23. The number of aryl methyl sites for hydroxylation is 1. The molecule has 0 bridgehead atoms. The van der Waals surface area contributed by atoms with Crippen LogP contribution in [0, 0.1) is 0 Å². The van der Waals surface area contributed by atoms with Gasteiger partial charge in [-0.3, -0.25) is 14.1 Å². The van der Waals surface area contributed by atoms with E-state index in [0.29, 0.717) is 22.6 Å². The SMILES string of the molecule is CCCCCCCCCCCCCCCCCCn1c(-c2ccc(NC(=O)CC(=O)c3ccccc3)cc2)nc2cc(S(=O)(=O)O)ccc21. The molecule has 264 valence electrons. The van der Waals surface area contributed by atoms with Crippen LogP contribution in [-0.2, 0) is 21.5 Å². The van der Waals surface area contributed by atoms with E-state index < -0.39 is 16.0 Å². The summed E-state index contributed by atoms with van der Waals surface area (Å²) < 4.78 is 35.3. The monoisotopic (exact) mass is 687 g/mol. The lowest BCUT2D eigenvalue weighted by atomic mass is 10.0. The Balaban J connectivity index is 1.28. The number of carbonyl (C=O) groups is 2. The first-order chi connectivity index (χ1) is 23.8. The average molecular weight is 688 g/mol. The van der Waals surface area contributed by atoms with Crippen LogP contribution in [0.25, 0.3) is 22.4 Å². The number of imidazole rings is 1. The van der Waals surface area contributed by atoms with Crippen LogP contribution in [0.5, 0.6) is 0 Å². The standard InChI is InChI=1S/C40H53N3O5S/c1-2-3-4-5-6-7-8-9-10-11-12-13-14-15-16-20-29-43-37-28-27-35(49(46,47)48)30-36(37)42-40(43)33-23-25-34(26-24-33)41-39(45)31-38(44)32-21-18-17-19-22-32/h17-19,21-28,30H,2-16,20,29,31H2,1H3,(H,41,45)(H,46,47,48). The number of anilines is 1. The predicted molar refractivity (Wildman–Crippen MR) is 199 cm³/mol. The molecule has 0 atom stereocenters. The van der Waals surface area contributed by atoms with Gasteiger partial charge in [-0.05, 0) is 48.9 Å². The molecule has 0 spiro atoms. The third-order valence-corrected chi connectivity index (χ3v) is 9.95. The smallest absolute Gasteiger partial charge is 0.294 e. The van der Waals surface area contributed by atoms with E-state index in [-0.39, 0.29) is 17.1 Å². The number of nitrogens with zero attached hydrogens (tertiary/aromatic N) is 2. The van der Waals surface area contributed by atoms with Gasteiger partial charge in [-0.15, -0.1) is 0 Å². The molecule has 0 aliphatic rings. The Kier molecular flexibility index (Phi) is 15.5. The van der Waals surface area contributed by atoms with Gasteiger partial charge in [0.15, 0.2) is 5.78 Å². The molecule has 0 saturated carbocycles. The number of Topliss-reactive ketones (excluding diaryl/α,β-unsaturated/α-hetero) is 1. The van der Waals surface area contributed by atoms with Crippen molar-refractivity contribution in [3.05, 3.63) is 78.4 Å². The zero-order chi connectivity index (χ0) is 34.9. The molecule has 3 aromatic carbocycles. The molecular weight excluding hydrogens is 635 g/mol. The fraction of sp³-hybridized carbons (Fsp3) is 0.475. The van der Waals surface area contributed by atoms with Crippen molar-refractivity contribution in [2.75, 3.05) is 5.32 Å². The summed E-state index contributed by atoms with van der Waals surface area (Å²) in [5, 5.41) is 2.79. The van der Waals surface area contributed by atoms with Gasteiger partial charge in [0, 0.05) is 23.4 Å².